The van der Waals surface area contributed by atoms with Gasteiger partial charge in [-0.05, 0) is 80.1 Å². The zero-order valence-corrected chi connectivity index (χ0v) is 38.9. The van der Waals surface area contributed by atoms with Crippen LogP contribution in [0.15, 0.2) is 99.6 Å². The van der Waals surface area contributed by atoms with Crippen molar-refractivity contribution < 1.29 is 45.2 Å². The Morgan fingerprint density at radius 3 is 1.97 bits per heavy atom. The van der Waals surface area contributed by atoms with Crippen molar-refractivity contribution in [3.8, 4) is 11.8 Å². The van der Waals surface area contributed by atoms with Crippen molar-refractivity contribution in [3.63, 3.8) is 0 Å². The normalized spacial score (nSPS) is 13.0. The molecule has 0 atom stereocenters. The third kappa shape index (κ3) is 10.2. The van der Waals surface area contributed by atoms with Crippen LogP contribution in [0.3, 0.4) is 0 Å². The number of hydrogen-bond acceptors (Lipinski definition) is 15. The standard InChI is InChI=1S/C45H49N9O10S2/c1-27(2)35-22-36(64-51-35)43(56)50-34-21-38(44(61-7)47-24-34)66(59,60)54(41-30(5)12-9-13-31(41)6)26-63-45-37(65(57,58)52-40-28(3)10-8-11-29(40)4)20-33(25-48-45)49-42(55)32-14-15-39(46-23-32)53-16-18-62-19-17-53/h8-15,20-25,27,52H,16-19,26H2,1-7H3,(H,49,55)(H,50,56). The van der Waals surface area contributed by atoms with E-state index in [1.54, 1.807) is 76.2 Å². The molecule has 0 unspecified atom stereocenters. The minimum atomic E-state index is -4.75. The zero-order chi connectivity index (χ0) is 47.3. The molecule has 2 amide bonds. The highest BCUT2D eigenvalue weighted by atomic mass is 32.2. The number of sulfonamides is 2. The van der Waals surface area contributed by atoms with Gasteiger partial charge < -0.3 is 34.3 Å². The van der Waals surface area contributed by atoms with Gasteiger partial charge in [-0.1, -0.05) is 55.4 Å². The summed E-state index contributed by atoms with van der Waals surface area (Å²) in [7, 11) is -8.08. The number of aromatic nitrogens is 4. The van der Waals surface area contributed by atoms with Crippen LogP contribution >= 0.6 is 0 Å². The van der Waals surface area contributed by atoms with Crippen LogP contribution in [0.2, 0.25) is 0 Å². The molecule has 5 heterocycles. The van der Waals surface area contributed by atoms with Gasteiger partial charge in [-0.25, -0.2) is 36.1 Å². The van der Waals surface area contributed by atoms with Gasteiger partial charge >= 0.3 is 0 Å². The molecule has 0 saturated carbocycles. The van der Waals surface area contributed by atoms with Crippen LogP contribution in [0, 0.1) is 27.7 Å². The Balaban J connectivity index is 1.24. The van der Waals surface area contributed by atoms with Crippen LogP contribution in [-0.4, -0.2) is 88.9 Å². The van der Waals surface area contributed by atoms with E-state index in [-0.39, 0.29) is 40.2 Å². The Labute approximate surface area is 382 Å². The predicted molar refractivity (Wildman–Crippen MR) is 247 cm³/mol. The van der Waals surface area contributed by atoms with Crippen molar-refractivity contribution in [1.82, 2.24) is 20.1 Å². The number of methoxy groups -OCH3 is 1. The number of anilines is 5. The average Bonchev–Trinajstić information content (AvgIpc) is 3.81. The maximum atomic E-state index is 15.0. The third-order valence-electron chi connectivity index (χ3n) is 10.6. The van der Waals surface area contributed by atoms with E-state index in [4.69, 9.17) is 18.7 Å². The van der Waals surface area contributed by atoms with Gasteiger partial charge in [0.15, 0.2) is 16.5 Å². The summed E-state index contributed by atoms with van der Waals surface area (Å²) in [5.74, 6) is -1.53. The van der Waals surface area contributed by atoms with Gasteiger partial charge in [-0.15, -0.1) is 0 Å². The Kier molecular flexibility index (Phi) is 13.9. The molecule has 0 radical (unpaired) electrons. The second-order valence-electron chi connectivity index (χ2n) is 15.7. The lowest BCUT2D eigenvalue weighted by molar-refractivity contribution is 0.0986. The molecule has 0 bridgehead atoms. The van der Waals surface area contributed by atoms with E-state index in [1.165, 1.54) is 43.9 Å². The SMILES string of the molecule is COc1ncc(NC(=O)c2cc(C(C)C)no2)cc1S(=O)(=O)N(COc1ncc(NC(=O)c2ccc(N3CCOCC3)nc2)cc1S(=O)(=O)Nc1c(C)cccc1C)c1c(C)cccc1C. The number of aryl methyl sites for hydroxylation is 4. The van der Waals surface area contributed by atoms with E-state index < -0.39 is 54.3 Å². The van der Waals surface area contributed by atoms with Crippen LogP contribution in [0.5, 0.6) is 11.8 Å². The van der Waals surface area contributed by atoms with E-state index in [2.05, 4.69) is 35.5 Å². The lowest BCUT2D eigenvalue weighted by Crippen LogP contribution is -2.36. The molecule has 21 heteroatoms. The van der Waals surface area contributed by atoms with Gasteiger partial charge in [0.25, 0.3) is 31.9 Å². The molecule has 0 aliphatic carbocycles. The number of carbonyl (C=O) groups excluding carboxylic acids is 2. The summed E-state index contributed by atoms with van der Waals surface area (Å²) in [6.45, 7) is 12.3. The number of benzene rings is 2. The molecule has 6 aromatic rings. The van der Waals surface area contributed by atoms with E-state index in [9.17, 15) is 18.0 Å². The van der Waals surface area contributed by atoms with Gasteiger partial charge in [-0.3, -0.25) is 14.3 Å². The summed E-state index contributed by atoms with van der Waals surface area (Å²) in [6.07, 6.45) is 3.83. The van der Waals surface area contributed by atoms with Crippen molar-refractivity contribution in [3.05, 3.63) is 125 Å². The minimum Gasteiger partial charge on any atom is -0.480 e. The molecule has 1 fully saturated rings. The van der Waals surface area contributed by atoms with Gasteiger partial charge in [0.05, 0.1) is 66.7 Å². The number of nitrogens with zero attached hydrogens (tertiary/aromatic N) is 6. The van der Waals surface area contributed by atoms with E-state index in [1.807, 2.05) is 18.7 Å². The quantitative estimate of drug-likeness (QED) is 0.0867. The lowest BCUT2D eigenvalue weighted by atomic mass is 10.1. The Bertz CT molecular complexity index is 2950. The first-order valence-electron chi connectivity index (χ1n) is 20.7. The third-order valence-corrected chi connectivity index (χ3v) is 13.7. The Morgan fingerprint density at radius 2 is 1.38 bits per heavy atom. The number of ether oxygens (including phenoxy) is 3. The highest BCUT2D eigenvalue weighted by Gasteiger charge is 2.34. The number of morpholine rings is 1. The number of carbonyl (C=O) groups is 2. The fraction of sp³-hybridized carbons (Fsp3) is 0.289. The summed E-state index contributed by atoms with van der Waals surface area (Å²) >= 11 is 0. The minimum absolute atomic E-state index is 0.00820. The highest BCUT2D eigenvalue weighted by Crippen LogP contribution is 2.36. The highest BCUT2D eigenvalue weighted by molar-refractivity contribution is 7.93. The molecule has 19 nitrogen and oxygen atoms in total. The first kappa shape index (κ1) is 46.9. The molecule has 2 aromatic carbocycles. The Morgan fingerprint density at radius 1 is 0.773 bits per heavy atom. The molecule has 1 aliphatic heterocycles. The van der Waals surface area contributed by atoms with E-state index >= 15 is 8.42 Å². The molecular weight excluding hydrogens is 891 g/mol. The van der Waals surface area contributed by atoms with Gasteiger partial charge in [0.2, 0.25) is 17.5 Å². The summed E-state index contributed by atoms with van der Waals surface area (Å²) in [6, 6.07) is 17.6. The molecule has 0 spiro atoms. The fourth-order valence-electron chi connectivity index (χ4n) is 7.06. The monoisotopic (exact) mass is 939 g/mol. The van der Waals surface area contributed by atoms with Crippen LogP contribution in [0.1, 0.15) is 68.6 Å². The molecule has 1 saturated heterocycles. The van der Waals surface area contributed by atoms with E-state index in [0.29, 0.717) is 65.8 Å². The summed E-state index contributed by atoms with van der Waals surface area (Å²) in [4.78, 5) is 40.7. The number of pyridine rings is 3. The number of nitrogens with one attached hydrogen (secondary N) is 3. The topological polar surface area (TPSA) is 237 Å². The first-order chi connectivity index (χ1) is 31.5. The number of para-hydroxylation sites is 2. The van der Waals surface area contributed by atoms with Crippen LogP contribution in [0.25, 0.3) is 0 Å². The maximum Gasteiger partial charge on any atom is 0.294 e. The second-order valence-corrected chi connectivity index (χ2v) is 19.2. The van der Waals surface area contributed by atoms with Crippen molar-refractivity contribution in [2.24, 2.45) is 0 Å². The molecular formula is C45H49N9O10S2. The van der Waals surface area contributed by atoms with Gasteiger partial charge in [0, 0.05) is 25.4 Å². The number of hydrogen-bond donors (Lipinski definition) is 3. The molecule has 1 aliphatic rings. The average molecular weight is 940 g/mol. The Hall–Kier alpha value is -7.10. The summed E-state index contributed by atoms with van der Waals surface area (Å²) in [5.41, 5.74) is 3.53. The van der Waals surface area contributed by atoms with Crippen LogP contribution in [-0.2, 0) is 24.8 Å². The van der Waals surface area contributed by atoms with E-state index in [0.717, 1.165) is 4.31 Å². The van der Waals surface area contributed by atoms with Crippen molar-refractivity contribution >= 4 is 60.4 Å². The largest absolute Gasteiger partial charge is 0.480 e. The number of rotatable bonds is 16. The molecule has 346 valence electrons. The van der Waals surface area contributed by atoms with Crippen LogP contribution < -0.4 is 34.0 Å². The number of amides is 2. The second kappa shape index (κ2) is 19.6. The summed E-state index contributed by atoms with van der Waals surface area (Å²) < 4.78 is 84.7. The molecule has 3 N–H and O–H groups in total. The van der Waals surface area contributed by atoms with Gasteiger partial charge in [0.1, 0.15) is 5.82 Å². The lowest BCUT2D eigenvalue weighted by Gasteiger charge is -2.28. The first-order valence-corrected chi connectivity index (χ1v) is 23.6. The van der Waals surface area contributed by atoms with Crippen molar-refractivity contribution in [2.75, 3.05) is 64.7 Å². The predicted octanol–water partition coefficient (Wildman–Crippen LogP) is 6.60. The zero-order valence-electron chi connectivity index (χ0n) is 37.3. The van der Waals surface area contributed by atoms with Crippen molar-refractivity contribution in [2.45, 2.75) is 57.3 Å². The van der Waals surface area contributed by atoms with Gasteiger partial charge in [-0.2, -0.15) is 0 Å². The molecule has 4 aromatic heterocycles. The molecule has 66 heavy (non-hydrogen) atoms. The fourth-order valence-corrected chi connectivity index (χ4v) is 9.97. The summed E-state index contributed by atoms with van der Waals surface area (Å²) in [5, 5.41) is 9.21. The van der Waals surface area contributed by atoms with Crippen LogP contribution in [0.4, 0.5) is 28.6 Å². The van der Waals surface area contributed by atoms with Crippen molar-refractivity contribution in [1.29, 1.82) is 0 Å². The smallest absolute Gasteiger partial charge is 0.294 e. The maximum absolute atomic E-state index is 15.0. The molecule has 7 rings (SSSR count).